The quantitative estimate of drug-likeness (QED) is 0.771. The largest absolute Gasteiger partial charge is 0.508 e. The maximum atomic E-state index is 9.47. The molecule has 0 aliphatic heterocycles. The minimum absolute atomic E-state index is 0.213. The van der Waals surface area contributed by atoms with E-state index >= 15 is 0 Å². The van der Waals surface area contributed by atoms with Crippen molar-refractivity contribution in [3.8, 4) is 17.4 Å². The zero-order valence-corrected chi connectivity index (χ0v) is 10.5. The van der Waals surface area contributed by atoms with Gasteiger partial charge in [0.1, 0.15) is 22.8 Å². The lowest BCUT2D eigenvalue weighted by Crippen LogP contribution is -1.89. The highest BCUT2D eigenvalue weighted by Crippen LogP contribution is 2.29. The van der Waals surface area contributed by atoms with Crippen LogP contribution in [0.4, 0.5) is 0 Å². The highest BCUT2D eigenvalue weighted by Gasteiger charge is 2.05. The molecule has 0 unspecified atom stereocenters. The first-order valence-electron chi connectivity index (χ1n) is 5.58. The predicted molar refractivity (Wildman–Crippen MR) is 72.7 cm³/mol. The van der Waals surface area contributed by atoms with Crippen LogP contribution in [-0.4, -0.2) is 15.1 Å². The lowest BCUT2D eigenvalue weighted by atomic mass is 10.1. The second-order valence-corrected chi connectivity index (χ2v) is 4.38. The summed E-state index contributed by atoms with van der Waals surface area (Å²) in [5.74, 6) is 1.11. The van der Waals surface area contributed by atoms with Crippen LogP contribution >= 0.6 is 11.6 Å². The molecular weight excluding hydrogens is 264 g/mol. The van der Waals surface area contributed by atoms with Gasteiger partial charge in [0.2, 0.25) is 5.88 Å². The fraction of sp³-hybridized carbons (Fsp3) is 0. The summed E-state index contributed by atoms with van der Waals surface area (Å²) < 4.78 is 5.59. The molecule has 3 aromatic rings. The highest BCUT2D eigenvalue weighted by atomic mass is 35.5. The summed E-state index contributed by atoms with van der Waals surface area (Å²) in [5.41, 5.74) is 0. The number of rotatable bonds is 2. The molecular formula is C14H9ClN2O2. The van der Waals surface area contributed by atoms with Gasteiger partial charge in [0, 0.05) is 0 Å². The lowest BCUT2D eigenvalue weighted by molar-refractivity contribution is 0.462. The number of aromatic nitrogens is 2. The molecule has 5 heteroatoms. The Labute approximate surface area is 114 Å². The molecule has 0 fully saturated rings. The van der Waals surface area contributed by atoms with Crippen molar-refractivity contribution in [2.45, 2.75) is 0 Å². The molecule has 94 valence electrons. The van der Waals surface area contributed by atoms with Crippen LogP contribution in [0.1, 0.15) is 0 Å². The van der Waals surface area contributed by atoms with Crippen LogP contribution in [-0.2, 0) is 0 Å². The van der Waals surface area contributed by atoms with Crippen LogP contribution in [0.25, 0.3) is 10.8 Å². The summed E-state index contributed by atoms with van der Waals surface area (Å²) in [4.78, 5) is 7.75. The van der Waals surface area contributed by atoms with Crippen LogP contribution in [0.2, 0.25) is 5.02 Å². The molecule has 0 atom stereocenters. The third-order valence-corrected chi connectivity index (χ3v) is 2.90. The molecule has 0 saturated heterocycles. The van der Waals surface area contributed by atoms with E-state index in [0.29, 0.717) is 16.7 Å². The van der Waals surface area contributed by atoms with Crippen LogP contribution in [0, 0.1) is 0 Å². The average Bonchev–Trinajstić information content (AvgIpc) is 2.41. The molecule has 19 heavy (non-hydrogen) atoms. The molecule has 0 radical (unpaired) electrons. The van der Waals surface area contributed by atoms with E-state index in [1.54, 1.807) is 12.1 Å². The van der Waals surface area contributed by atoms with Gasteiger partial charge in [-0.2, -0.15) is 0 Å². The summed E-state index contributed by atoms with van der Waals surface area (Å²) in [6.45, 7) is 0. The van der Waals surface area contributed by atoms with Crippen LogP contribution in [0.3, 0.4) is 0 Å². The van der Waals surface area contributed by atoms with E-state index in [-0.39, 0.29) is 5.75 Å². The van der Waals surface area contributed by atoms with E-state index in [4.69, 9.17) is 16.3 Å². The molecule has 0 bridgehead atoms. The summed E-state index contributed by atoms with van der Waals surface area (Å²) in [6.07, 6.45) is 2.84. The second kappa shape index (κ2) is 4.74. The van der Waals surface area contributed by atoms with Gasteiger partial charge in [-0.3, -0.25) is 0 Å². The van der Waals surface area contributed by atoms with Gasteiger partial charge in [0.05, 0.1) is 6.20 Å². The van der Waals surface area contributed by atoms with Crippen molar-refractivity contribution in [1.29, 1.82) is 0 Å². The molecule has 4 nitrogen and oxygen atoms in total. The number of halogens is 1. The number of hydrogen-bond acceptors (Lipinski definition) is 4. The number of aromatic hydroxyl groups is 1. The second-order valence-electron chi connectivity index (χ2n) is 3.97. The number of benzene rings is 2. The van der Waals surface area contributed by atoms with E-state index in [9.17, 15) is 5.11 Å². The summed E-state index contributed by atoms with van der Waals surface area (Å²) in [6, 6.07) is 10.7. The molecule has 1 heterocycles. The maximum Gasteiger partial charge on any atom is 0.241 e. The van der Waals surface area contributed by atoms with Crippen LogP contribution < -0.4 is 4.74 Å². The van der Waals surface area contributed by atoms with Gasteiger partial charge >= 0.3 is 0 Å². The Morgan fingerprint density at radius 2 is 1.89 bits per heavy atom. The molecule has 1 aromatic heterocycles. The number of phenols is 1. The van der Waals surface area contributed by atoms with Crippen molar-refractivity contribution < 1.29 is 9.84 Å². The summed E-state index contributed by atoms with van der Waals surface area (Å²) in [5, 5.41) is 11.7. The fourth-order valence-corrected chi connectivity index (χ4v) is 1.91. The van der Waals surface area contributed by atoms with Crippen LogP contribution in [0.15, 0.2) is 48.9 Å². The van der Waals surface area contributed by atoms with Crippen molar-refractivity contribution in [3.63, 3.8) is 0 Å². The lowest BCUT2D eigenvalue weighted by Gasteiger charge is -2.07. The normalized spacial score (nSPS) is 10.6. The van der Waals surface area contributed by atoms with Crippen molar-refractivity contribution >= 4 is 22.4 Å². The first-order valence-corrected chi connectivity index (χ1v) is 5.96. The van der Waals surface area contributed by atoms with Crippen molar-refractivity contribution in [2.24, 2.45) is 0 Å². The number of hydrogen-bond donors (Lipinski definition) is 1. The van der Waals surface area contributed by atoms with Crippen molar-refractivity contribution in [3.05, 3.63) is 53.9 Å². The zero-order valence-electron chi connectivity index (χ0n) is 9.75. The average molecular weight is 273 g/mol. The van der Waals surface area contributed by atoms with Gasteiger partial charge in [0.25, 0.3) is 0 Å². The van der Waals surface area contributed by atoms with E-state index in [1.807, 2.05) is 24.3 Å². The molecule has 1 N–H and O–H groups in total. The molecule has 0 aliphatic carbocycles. The molecule has 0 spiro atoms. The maximum absolute atomic E-state index is 9.47. The number of ether oxygens (including phenoxy) is 1. The molecule has 2 aromatic carbocycles. The Kier molecular flexibility index (Phi) is 2.93. The molecule has 0 aliphatic rings. The molecule has 0 saturated carbocycles. The SMILES string of the molecule is Oc1ccc2ccc(Oc3ncncc3Cl)cc2c1. The van der Waals surface area contributed by atoms with Gasteiger partial charge in [-0.15, -0.1) is 0 Å². The molecule has 3 rings (SSSR count). The number of fused-ring (bicyclic) bond motifs is 1. The van der Waals surface area contributed by atoms with Crippen molar-refractivity contribution in [2.75, 3.05) is 0 Å². The summed E-state index contributed by atoms with van der Waals surface area (Å²) in [7, 11) is 0. The van der Waals surface area contributed by atoms with Gasteiger partial charge in [0.15, 0.2) is 0 Å². The third kappa shape index (κ3) is 2.44. The Bertz CT molecular complexity index is 746. The monoisotopic (exact) mass is 272 g/mol. The highest BCUT2D eigenvalue weighted by molar-refractivity contribution is 6.31. The van der Waals surface area contributed by atoms with Gasteiger partial charge in [-0.05, 0) is 35.0 Å². The van der Waals surface area contributed by atoms with Crippen LogP contribution in [0.5, 0.6) is 17.4 Å². The Morgan fingerprint density at radius 1 is 1.05 bits per heavy atom. The fourth-order valence-electron chi connectivity index (χ4n) is 1.76. The minimum atomic E-state index is 0.213. The minimum Gasteiger partial charge on any atom is -0.508 e. The molecule has 0 amide bonds. The predicted octanol–water partition coefficient (Wildman–Crippen LogP) is 3.78. The number of nitrogens with zero attached hydrogens (tertiary/aromatic N) is 2. The van der Waals surface area contributed by atoms with E-state index in [0.717, 1.165) is 10.8 Å². The van der Waals surface area contributed by atoms with Crippen molar-refractivity contribution in [1.82, 2.24) is 9.97 Å². The van der Waals surface area contributed by atoms with E-state index in [1.165, 1.54) is 12.5 Å². The first kappa shape index (κ1) is 11.7. The van der Waals surface area contributed by atoms with Gasteiger partial charge in [-0.1, -0.05) is 23.7 Å². The first-order chi connectivity index (χ1) is 9.22. The zero-order chi connectivity index (χ0) is 13.2. The standard InChI is InChI=1S/C14H9ClN2O2/c15-13-7-16-8-17-14(13)19-12-4-2-9-1-3-11(18)5-10(9)6-12/h1-8,18H. The number of phenolic OH excluding ortho intramolecular Hbond substituents is 1. The Morgan fingerprint density at radius 3 is 2.74 bits per heavy atom. The smallest absolute Gasteiger partial charge is 0.241 e. The third-order valence-electron chi connectivity index (χ3n) is 2.64. The van der Waals surface area contributed by atoms with E-state index < -0.39 is 0 Å². The van der Waals surface area contributed by atoms with Gasteiger partial charge in [-0.25, -0.2) is 9.97 Å². The Hall–Kier alpha value is -2.33. The Balaban J connectivity index is 2.00. The summed E-state index contributed by atoms with van der Waals surface area (Å²) >= 11 is 5.93. The van der Waals surface area contributed by atoms with E-state index in [2.05, 4.69) is 9.97 Å². The topological polar surface area (TPSA) is 55.2 Å². The van der Waals surface area contributed by atoms with Gasteiger partial charge < -0.3 is 9.84 Å².